The summed E-state index contributed by atoms with van der Waals surface area (Å²) >= 11 is 0. The molecule has 8 nitrogen and oxygen atoms in total. The Morgan fingerprint density at radius 2 is 2.00 bits per heavy atom. The fourth-order valence-corrected chi connectivity index (χ4v) is 4.19. The molecule has 0 fully saturated rings. The highest BCUT2D eigenvalue weighted by Crippen LogP contribution is 2.32. The van der Waals surface area contributed by atoms with Crippen LogP contribution in [0.5, 0.6) is 0 Å². The van der Waals surface area contributed by atoms with Crippen LogP contribution in [0.25, 0.3) is 0 Å². The largest absolute Gasteiger partial charge is 0.466 e. The number of benzene rings is 1. The van der Waals surface area contributed by atoms with Gasteiger partial charge in [0.05, 0.1) is 18.2 Å². The van der Waals surface area contributed by atoms with Gasteiger partial charge in [-0.05, 0) is 77.0 Å². The number of hydrogen-bond donors (Lipinski definition) is 0. The predicted molar refractivity (Wildman–Crippen MR) is 125 cm³/mol. The van der Waals surface area contributed by atoms with E-state index in [4.69, 9.17) is 9.47 Å². The highest BCUT2D eigenvalue weighted by molar-refractivity contribution is 5.79. The maximum atomic E-state index is 12.9. The van der Waals surface area contributed by atoms with Gasteiger partial charge in [0.25, 0.3) is 0 Å². The van der Waals surface area contributed by atoms with E-state index >= 15 is 0 Å². The van der Waals surface area contributed by atoms with Gasteiger partial charge in [-0.2, -0.15) is 0 Å². The fourth-order valence-electron chi connectivity index (χ4n) is 4.19. The molecule has 0 bridgehead atoms. The normalized spacial score (nSPS) is 14.5. The molecule has 2 heterocycles. The van der Waals surface area contributed by atoms with Crippen LogP contribution >= 0.6 is 0 Å². The van der Waals surface area contributed by atoms with E-state index in [2.05, 4.69) is 10.3 Å². The number of aromatic nitrogens is 3. The standard InChI is InChI=1S/C25H36N4O4/c1-6-29-17-19(26-27-29)11-9-13-22(23(30)32-7-2)21-12-8-10-18-16-28(15-14-20(18)21)24(31)33-25(3,4)5/h8,10,12,17,22H,6-7,9,11,13-16H2,1-5H3. The molecule has 33 heavy (non-hydrogen) atoms. The summed E-state index contributed by atoms with van der Waals surface area (Å²) in [6, 6.07) is 6.02. The van der Waals surface area contributed by atoms with E-state index in [0.29, 0.717) is 32.5 Å². The zero-order valence-electron chi connectivity index (χ0n) is 20.5. The van der Waals surface area contributed by atoms with Crippen molar-refractivity contribution in [1.82, 2.24) is 19.9 Å². The highest BCUT2D eigenvalue weighted by Gasteiger charge is 2.30. The molecule has 2 aromatic rings. The van der Waals surface area contributed by atoms with E-state index in [1.807, 2.05) is 63.7 Å². The molecule has 1 aliphatic heterocycles. The lowest BCUT2D eigenvalue weighted by molar-refractivity contribution is -0.145. The Morgan fingerprint density at radius 3 is 2.67 bits per heavy atom. The molecule has 0 saturated carbocycles. The second kappa shape index (κ2) is 10.8. The molecular weight excluding hydrogens is 420 g/mol. The maximum absolute atomic E-state index is 12.9. The van der Waals surface area contributed by atoms with Crippen molar-refractivity contribution in [2.45, 2.75) is 84.9 Å². The van der Waals surface area contributed by atoms with Gasteiger partial charge in [0.2, 0.25) is 0 Å². The third-order valence-corrected chi connectivity index (χ3v) is 5.74. The molecule has 0 radical (unpaired) electrons. The molecule has 1 aromatic heterocycles. The number of amides is 1. The van der Waals surface area contributed by atoms with Crippen LogP contribution in [0.1, 0.15) is 75.8 Å². The van der Waals surface area contributed by atoms with Crippen molar-refractivity contribution in [2.24, 2.45) is 0 Å². The zero-order chi connectivity index (χ0) is 24.0. The summed E-state index contributed by atoms with van der Waals surface area (Å²) in [5.41, 5.74) is 3.61. The molecule has 0 spiro atoms. The van der Waals surface area contributed by atoms with Gasteiger partial charge in [0, 0.05) is 25.8 Å². The van der Waals surface area contributed by atoms with Crippen molar-refractivity contribution in [2.75, 3.05) is 13.2 Å². The van der Waals surface area contributed by atoms with Crippen LogP contribution in [0.2, 0.25) is 0 Å². The SMILES string of the molecule is CCOC(=O)C(CCCc1cn(CC)nn1)c1cccc2c1CCN(C(=O)OC(C)(C)C)C2. The van der Waals surface area contributed by atoms with Gasteiger partial charge < -0.3 is 14.4 Å². The molecule has 0 N–H and O–H groups in total. The number of carbonyl (C=O) groups excluding carboxylic acids is 2. The van der Waals surface area contributed by atoms with Gasteiger partial charge in [-0.25, -0.2) is 4.79 Å². The molecule has 1 amide bonds. The molecule has 8 heteroatoms. The first-order chi connectivity index (χ1) is 15.7. The molecule has 0 saturated heterocycles. The first-order valence-corrected chi connectivity index (χ1v) is 11.9. The van der Waals surface area contributed by atoms with Crippen molar-refractivity contribution >= 4 is 12.1 Å². The number of hydrogen-bond acceptors (Lipinski definition) is 6. The Kier molecular flexibility index (Phi) is 8.10. The van der Waals surface area contributed by atoms with E-state index in [1.165, 1.54) is 0 Å². The highest BCUT2D eigenvalue weighted by atomic mass is 16.6. The summed E-state index contributed by atoms with van der Waals surface area (Å²) in [5.74, 6) is -0.535. The summed E-state index contributed by atoms with van der Waals surface area (Å²) < 4.78 is 12.8. The molecular formula is C25H36N4O4. The number of esters is 1. The number of fused-ring (bicyclic) bond motifs is 1. The third-order valence-electron chi connectivity index (χ3n) is 5.74. The Bertz CT molecular complexity index is 964. The van der Waals surface area contributed by atoms with Crippen LogP contribution in [0.4, 0.5) is 4.79 Å². The number of nitrogens with zero attached hydrogens (tertiary/aromatic N) is 4. The lowest BCUT2D eigenvalue weighted by atomic mass is 9.85. The Balaban J connectivity index is 1.75. The van der Waals surface area contributed by atoms with Gasteiger partial charge in [0.15, 0.2) is 0 Å². The zero-order valence-corrected chi connectivity index (χ0v) is 20.5. The molecule has 1 atom stereocenters. The van der Waals surface area contributed by atoms with E-state index < -0.39 is 5.60 Å². The molecule has 0 aliphatic carbocycles. The van der Waals surface area contributed by atoms with Crippen molar-refractivity contribution in [1.29, 1.82) is 0 Å². The average Bonchev–Trinajstić information content (AvgIpc) is 3.23. The van der Waals surface area contributed by atoms with Crippen LogP contribution < -0.4 is 0 Å². The summed E-state index contributed by atoms with van der Waals surface area (Å²) in [6.45, 7) is 11.6. The van der Waals surface area contributed by atoms with Crippen LogP contribution in [0.15, 0.2) is 24.4 Å². The summed E-state index contributed by atoms with van der Waals surface area (Å²) in [4.78, 5) is 27.2. The summed E-state index contributed by atoms with van der Waals surface area (Å²) in [5, 5.41) is 8.29. The second-order valence-corrected chi connectivity index (χ2v) is 9.40. The van der Waals surface area contributed by atoms with Gasteiger partial charge in [-0.15, -0.1) is 5.10 Å². The van der Waals surface area contributed by atoms with Gasteiger partial charge >= 0.3 is 12.1 Å². The van der Waals surface area contributed by atoms with E-state index in [9.17, 15) is 9.59 Å². The smallest absolute Gasteiger partial charge is 0.410 e. The third kappa shape index (κ3) is 6.55. The quantitative estimate of drug-likeness (QED) is 0.552. The van der Waals surface area contributed by atoms with E-state index in [1.54, 1.807) is 4.90 Å². The predicted octanol–water partition coefficient (Wildman–Crippen LogP) is 4.26. The van der Waals surface area contributed by atoms with Crippen LogP contribution in [-0.2, 0) is 40.2 Å². The van der Waals surface area contributed by atoms with E-state index in [-0.39, 0.29) is 18.0 Å². The number of aryl methyl sites for hydroxylation is 2. The number of carbonyl (C=O) groups is 2. The van der Waals surface area contributed by atoms with Gasteiger partial charge in [-0.1, -0.05) is 23.4 Å². The molecule has 1 unspecified atom stereocenters. The lowest BCUT2D eigenvalue weighted by Gasteiger charge is -2.33. The first-order valence-electron chi connectivity index (χ1n) is 11.9. The van der Waals surface area contributed by atoms with Crippen molar-refractivity contribution in [3.05, 3.63) is 46.8 Å². The van der Waals surface area contributed by atoms with Crippen LogP contribution in [0.3, 0.4) is 0 Å². The minimum Gasteiger partial charge on any atom is -0.466 e. The molecule has 3 rings (SSSR count). The van der Waals surface area contributed by atoms with E-state index in [0.717, 1.165) is 41.8 Å². The Morgan fingerprint density at radius 1 is 1.21 bits per heavy atom. The topological polar surface area (TPSA) is 86.6 Å². The lowest BCUT2D eigenvalue weighted by Crippen LogP contribution is -2.40. The van der Waals surface area contributed by atoms with Crippen LogP contribution in [-0.4, -0.2) is 50.7 Å². The summed E-state index contributed by atoms with van der Waals surface area (Å²) in [7, 11) is 0. The fraction of sp³-hybridized carbons (Fsp3) is 0.600. The van der Waals surface area contributed by atoms with Crippen molar-refractivity contribution < 1.29 is 19.1 Å². The minimum absolute atomic E-state index is 0.197. The number of rotatable bonds is 8. The molecule has 180 valence electrons. The average molecular weight is 457 g/mol. The first kappa shape index (κ1) is 24.7. The second-order valence-electron chi connectivity index (χ2n) is 9.40. The minimum atomic E-state index is -0.531. The van der Waals surface area contributed by atoms with Crippen LogP contribution in [0, 0.1) is 0 Å². The Hall–Kier alpha value is -2.90. The van der Waals surface area contributed by atoms with Gasteiger partial charge in [-0.3, -0.25) is 9.48 Å². The van der Waals surface area contributed by atoms with Crippen molar-refractivity contribution in [3.63, 3.8) is 0 Å². The summed E-state index contributed by atoms with van der Waals surface area (Å²) in [6.07, 6.45) is 4.57. The molecule has 1 aliphatic rings. The Labute approximate surface area is 196 Å². The maximum Gasteiger partial charge on any atom is 0.410 e. The number of ether oxygens (including phenoxy) is 2. The molecule has 1 aromatic carbocycles. The monoisotopic (exact) mass is 456 g/mol. The van der Waals surface area contributed by atoms with Gasteiger partial charge in [0.1, 0.15) is 5.60 Å². The van der Waals surface area contributed by atoms with Crippen molar-refractivity contribution in [3.8, 4) is 0 Å².